The minimum Gasteiger partial charge on any atom is -0.465 e. The van der Waals surface area contributed by atoms with Crippen molar-refractivity contribution in [2.45, 2.75) is 13.0 Å². The number of nitrogens with zero attached hydrogens (tertiary/aromatic N) is 1. The highest BCUT2D eigenvalue weighted by atomic mass is 35.5. The summed E-state index contributed by atoms with van der Waals surface area (Å²) in [7, 11) is 3.36. The molecule has 0 saturated heterocycles. The fourth-order valence-electron chi connectivity index (χ4n) is 1.56. The van der Waals surface area contributed by atoms with Crippen molar-refractivity contribution in [2.75, 3.05) is 20.7 Å². The minimum absolute atomic E-state index is 0.223. The topological polar surface area (TPSA) is 29.5 Å². The number of rotatable bonds is 4. The molecule has 1 rings (SSSR count). The number of esters is 1. The summed E-state index contributed by atoms with van der Waals surface area (Å²) in [6.07, 6.45) is 0. The predicted octanol–water partition coefficient (Wildman–Crippen LogP) is 2.64. The molecule has 0 radical (unpaired) electrons. The average Bonchev–Trinajstić information content (AvgIpc) is 2.23. The van der Waals surface area contributed by atoms with Crippen molar-refractivity contribution in [3.8, 4) is 0 Å². The van der Waals surface area contributed by atoms with Crippen molar-refractivity contribution >= 4 is 17.6 Å². The van der Waals surface area contributed by atoms with Gasteiger partial charge < -0.3 is 4.74 Å². The zero-order valence-corrected chi connectivity index (χ0v) is 10.8. The van der Waals surface area contributed by atoms with Gasteiger partial charge in [-0.15, -0.1) is 0 Å². The third-order valence-corrected chi connectivity index (χ3v) is 2.51. The van der Waals surface area contributed by atoms with Gasteiger partial charge in [0, 0.05) is 10.6 Å². The van der Waals surface area contributed by atoms with E-state index in [0.717, 1.165) is 0 Å². The SMILES string of the molecule is CCOC(=O)C(c1cc(Cl)ccc1F)N(C)C. The number of benzene rings is 1. The normalized spacial score (nSPS) is 12.6. The van der Waals surface area contributed by atoms with Crippen LogP contribution in [0, 0.1) is 5.82 Å². The van der Waals surface area contributed by atoms with Crippen LogP contribution < -0.4 is 0 Å². The minimum atomic E-state index is -0.784. The van der Waals surface area contributed by atoms with E-state index in [1.54, 1.807) is 25.9 Å². The first-order chi connectivity index (χ1) is 7.97. The number of likely N-dealkylation sites (N-methyl/N-ethyl adjacent to an activating group) is 1. The van der Waals surface area contributed by atoms with Crippen LogP contribution in [0.5, 0.6) is 0 Å². The molecule has 0 fully saturated rings. The number of halogens is 2. The van der Waals surface area contributed by atoms with Gasteiger partial charge in [0.1, 0.15) is 11.9 Å². The molecule has 17 heavy (non-hydrogen) atoms. The molecule has 1 atom stereocenters. The van der Waals surface area contributed by atoms with Crippen molar-refractivity contribution in [3.63, 3.8) is 0 Å². The van der Waals surface area contributed by atoms with E-state index in [1.807, 2.05) is 0 Å². The highest BCUT2D eigenvalue weighted by Gasteiger charge is 2.27. The first kappa shape index (κ1) is 13.9. The molecule has 0 spiro atoms. The van der Waals surface area contributed by atoms with Gasteiger partial charge >= 0.3 is 5.97 Å². The molecule has 94 valence electrons. The first-order valence-electron chi connectivity index (χ1n) is 5.25. The van der Waals surface area contributed by atoms with E-state index in [9.17, 15) is 9.18 Å². The lowest BCUT2D eigenvalue weighted by molar-refractivity contribution is -0.148. The van der Waals surface area contributed by atoms with E-state index in [2.05, 4.69) is 0 Å². The largest absolute Gasteiger partial charge is 0.465 e. The van der Waals surface area contributed by atoms with Crippen LogP contribution in [0.3, 0.4) is 0 Å². The molecule has 0 aliphatic heterocycles. The van der Waals surface area contributed by atoms with Crippen molar-refractivity contribution in [2.24, 2.45) is 0 Å². The predicted molar refractivity (Wildman–Crippen MR) is 64.5 cm³/mol. The summed E-state index contributed by atoms with van der Waals surface area (Å²) >= 11 is 5.81. The second kappa shape index (κ2) is 5.98. The van der Waals surface area contributed by atoms with Gasteiger partial charge in [-0.05, 0) is 39.2 Å². The Balaban J connectivity index is 3.13. The fourth-order valence-corrected chi connectivity index (χ4v) is 1.74. The fraction of sp³-hybridized carbons (Fsp3) is 0.417. The van der Waals surface area contributed by atoms with Crippen LogP contribution in [0.1, 0.15) is 18.5 Å². The molecule has 0 aliphatic rings. The Morgan fingerprint density at radius 1 is 1.53 bits per heavy atom. The van der Waals surface area contributed by atoms with E-state index in [0.29, 0.717) is 5.02 Å². The van der Waals surface area contributed by atoms with Crippen molar-refractivity contribution in [3.05, 3.63) is 34.6 Å². The molecular formula is C12H15ClFNO2. The molecule has 0 bridgehead atoms. The number of ether oxygens (including phenoxy) is 1. The third-order valence-electron chi connectivity index (χ3n) is 2.28. The maximum atomic E-state index is 13.7. The number of hydrogen-bond acceptors (Lipinski definition) is 3. The summed E-state index contributed by atoms with van der Waals surface area (Å²) in [6.45, 7) is 1.96. The lowest BCUT2D eigenvalue weighted by Gasteiger charge is -2.23. The Morgan fingerprint density at radius 2 is 2.18 bits per heavy atom. The van der Waals surface area contributed by atoms with Crippen LogP contribution in [-0.4, -0.2) is 31.6 Å². The van der Waals surface area contributed by atoms with Crippen molar-refractivity contribution < 1.29 is 13.9 Å². The van der Waals surface area contributed by atoms with E-state index >= 15 is 0 Å². The molecule has 0 amide bonds. The van der Waals surface area contributed by atoms with Crippen LogP contribution in [0.4, 0.5) is 4.39 Å². The van der Waals surface area contributed by atoms with Gasteiger partial charge in [0.15, 0.2) is 0 Å². The van der Waals surface area contributed by atoms with Gasteiger partial charge in [-0.25, -0.2) is 9.18 Å². The van der Waals surface area contributed by atoms with E-state index in [4.69, 9.17) is 16.3 Å². The third kappa shape index (κ3) is 3.41. The van der Waals surface area contributed by atoms with E-state index in [-0.39, 0.29) is 12.2 Å². The molecule has 1 unspecified atom stereocenters. The molecule has 0 N–H and O–H groups in total. The zero-order chi connectivity index (χ0) is 13.0. The molecule has 0 aliphatic carbocycles. The summed E-state index contributed by atoms with van der Waals surface area (Å²) in [5.74, 6) is -0.959. The maximum Gasteiger partial charge on any atom is 0.328 e. The second-order valence-corrected chi connectivity index (χ2v) is 4.22. The van der Waals surface area contributed by atoms with Gasteiger partial charge in [-0.2, -0.15) is 0 Å². The summed E-state index contributed by atoms with van der Waals surface area (Å²) in [4.78, 5) is 13.4. The van der Waals surface area contributed by atoms with Crippen molar-refractivity contribution in [1.82, 2.24) is 4.90 Å². The van der Waals surface area contributed by atoms with Crippen LogP contribution in [0.2, 0.25) is 5.02 Å². The Hall–Kier alpha value is -1.13. The molecule has 1 aromatic carbocycles. The molecule has 0 saturated carbocycles. The van der Waals surface area contributed by atoms with Crippen LogP contribution in [-0.2, 0) is 9.53 Å². The zero-order valence-electron chi connectivity index (χ0n) is 10.0. The Bertz CT molecular complexity index is 409. The Morgan fingerprint density at radius 3 is 2.71 bits per heavy atom. The van der Waals surface area contributed by atoms with Crippen LogP contribution in [0.25, 0.3) is 0 Å². The molecular weight excluding hydrogens is 245 g/mol. The molecule has 5 heteroatoms. The summed E-state index contributed by atoms with van der Waals surface area (Å²) in [6, 6.07) is 3.35. The maximum absolute atomic E-state index is 13.7. The van der Waals surface area contributed by atoms with E-state index in [1.165, 1.54) is 18.2 Å². The lowest BCUT2D eigenvalue weighted by Crippen LogP contribution is -2.30. The first-order valence-corrected chi connectivity index (χ1v) is 5.63. The van der Waals surface area contributed by atoms with E-state index < -0.39 is 17.8 Å². The summed E-state index contributed by atoms with van der Waals surface area (Å²) in [5.41, 5.74) is 0.223. The quantitative estimate of drug-likeness (QED) is 0.779. The second-order valence-electron chi connectivity index (χ2n) is 3.78. The molecule has 0 aromatic heterocycles. The monoisotopic (exact) mass is 259 g/mol. The summed E-state index contributed by atoms with van der Waals surface area (Å²) < 4.78 is 18.6. The average molecular weight is 260 g/mol. The standard InChI is InChI=1S/C12H15ClFNO2/c1-4-17-12(16)11(15(2)3)9-7-8(13)5-6-10(9)14/h5-7,11H,4H2,1-3H3. The number of carbonyl (C=O) groups is 1. The van der Waals surface area contributed by atoms with Crippen LogP contribution >= 0.6 is 11.6 Å². The Kier molecular flexibility index (Phi) is 4.90. The number of hydrogen-bond donors (Lipinski definition) is 0. The van der Waals surface area contributed by atoms with Gasteiger partial charge in [0.2, 0.25) is 0 Å². The lowest BCUT2D eigenvalue weighted by atomic mass is 10.1. The van der Waals surface area contributed by atoms with Gasteiger partial charge in [-0.3, -0.25) is 4.90 Å². The highest BCUT2D eigenvalue weighted by Crippen LogP contribution is 2.25. The molecule has 1 aromatic rings. The number of carbonyl (C=O) groups excluding carboxylic acids is 1. The molecule has 0 heterocycles. The molecule has 3 nitrogen and oxygen atoms in total. The van der Waals surface area contributed by atoms with Crippen LogP contribution in [0.15, 0.2) is 18.2 Å². The van der Waals surface area contributed by atoms with Gasteiger partial charge in [0.25, 0.3) is 0 Å². The smallest absolute Gasteiger partial charge is 0.328 e. The van der Waals surface area contributed by atoms with Gasteiger partial charge in [-0.1, -0.05) is 11.6 Å². The highest BCUT2D eigenvalue weighted by molar-refractivity contribution is 6.30. The van der Waals surface area contributed by atoms with Gasteiger partial charge in [0.05, 0.1) is 6.61 Å². The van der Waals surface area contributed by atoms with Crippen molar-refractivity contribution in [1.29, 1.82) is 0 Å². The Labute approximate surface area is 105 Å². The summed E-state index contributed by atoms with van der Waals surface area (Å²) in [5, 5.41) is 0.387.